The van der Waals surface area contributed by atoms with Crippen molar-refractivity contribution in [2.45, 2.75) is 50.9 Å². The molecule has 38 heavy (non-hydrogen) atoms. The Morgan fingerprint density at radius 2 is 1.84 bits per heavy atom. The zero-order valence-corrected chi connectivity index (χ0v) is 22.4. The first-order chi connectivity index (χ1) is 17.7. The van der Waals surface area contributed by atoms with Crippen molar-refractivity contribution in [3.63, 3.8) is 0 Å². The summed E-state index contributed by atoms with van der Waals surface area (Å²) in [6, 6.07) is 0.556. The van der Waals surface area contributed by atoms with E-state index in [1.165, 1.54) is 18.1 Å². The van der Waals surface area contributed by atoms with Crippen molar-refractivity contribution in [2.75, 3.05) is 28.3 Å². The van der Waals surface area contributed by atoms with Gasteiger partial charge in [0.05, 0.1) is 18.7 Å². The molecule has 3 aliphatic carbocycles. The Hall–Kier alpha value is -3.41. The highest BCUT2D eigenvalue weighted by molar-refractivity contribution is 6.24. The Labute approximate surface area is 220 Å². The topological polar surface area (TPSA) is 174 Å². The van der Waals surface area contributed by atoms with Crippen molar-refractivity contribution in [1.29, 1.82) is 0 Å². The summed E-state index contributed by atoms with van der Waals surface area (Å²) in [6.07, 6.45) is 0.191. The number of fused-ring (bicyclic) bond motifs is 3. The van der Waals surface area contributed by atoms with Gasteiger partial charge in [0.1, 0.15) is 28.6 Å². The number of aromatic hydroxyl groups is 1. The standard InChI is InChI=1S/C27H35N3O8/c1-11(2)30(5)10-13-9-16(31)18-14(23(13)38-6)7-12-8-15-20(29(3)4)22(33)19(26(28)36)25(35)27(15,37)24(34)17(12)21(18)32/h9,11-12,15,20,31-32,35,37H,7-8,10H2,1-6H3,(H2,28,36)/t12-,15-,20-,27-/m0/s1. The number of nitrogens with zero attached hydrogens (tertiary/aromatic N) is 2. The van der Waals surface area contributed by atoms with Crippen LogP contribution in [-0.2, 0) is 27.3 Å². The molecule has 0 aromatic heterocycles. The van der Waals surface area contributed by atoms with Gasteiger partial charge < -0.3 is 30.9 Å². The van der Waals surface area contributed by atoms with Crippen LogP contribution >= 0.6 is 0 Å². The van der Waals surface area contributed by atoms with Crippen molar-refractivity contribution in [2.24, 2.45) is 17.6 Å². The number of benzene rings is 1. The maximum atomic E-state index is 13.9. The van der Waals surface area contributed by atoms with Gasteiger partial charge in [0.15, 0.2) is 11.4 Å². The number of aliphatic hydroxyl groups excluding tert-OH is 2. The summed E-state index contributed by atoms with van der Waals surface area (Å²) in [5.41, 5.74) is 2.86. The second-order valence-corrected chi connectivity index (χ2v) is 10.9. The number of ketones is 2. The number of nitrogens with two attached hydrogens (primary N) is 1. The van der Waals surface area contributed by atoms with Gasteiger partial charge in [-0.3, -0.25) is 24.2 Å². The molecule has 0 saturated heterocycles. The van der Waals surface area contributed by atoms with E-state index >= 15 is 0 Å². The molecule has 0 radical (unpaired) electrons. The quantitative estimate of drug-likeness (QED) is 0.332. The third-order valence-corrected chi connectivity index (χ3v) is 8.25. The van der Waals surface area contributed by atoms with Crippen LogP contribution in [0.3, 0.4) is 0 Å². The van der Waals surface area contributed by atoms with Crippen LogP contribution in [0, 0.1) is 11.8 Å². The first-order valence-corrected chi connectivity index (χ1v) is 12.4. The highest BCUT2D eigenvalue weighted by atomic mass is 16.5. The number of rotatable bonds is 6. The zero-order chi connectivity index (χ0) is 28.4. The maximum absolute atomic E-state index is 13.9. The van der Waals surface area contributed by atoms with Gasteiger partial charge in [0, 0.05) is 35.2 Å². The van der Waals surface area contributed by atoms with Gasteiger partial charge in [-0.2, -0.15) is 0 Å². The van der Waals surface area contributed by atoms with Gasteiger partial charge in [-0.05, 0) is 59.8 Å². The number of methoxy groups -OCH3 is 1. The van der Waals surface area contributed by atoms with Gasteiger partial charge >= 0.3 is 0 Å². The molecular weight excluding hydrogens is 494 g/mol. The minimum atomic E-state index is -2.66. The Kier molecular flexibility index (Phi) is 6.84. The SMILES string of the molecule is COc1c(CN(C)C(C)C)cc(O)c2c1C[C@H]1C[C@H]3[C@H](N(C)C)C(=O)C(C(N)=O)=C(O)[C@@]3(O)C(=O)C1=C2O. The number of carbonyl (C=O) groups is 3. The Morgan fingerprint density at radius 1 is 1.21 bits per heavy atom. The van der Waals surface area contributed by atoms with Gasteiger partial charge in [-0.25, -0.2) is 0 Å². The van der Waals surface area contributed by atoms with Crippen molar-refractivity contribution >= 4 is 23.2 Å². The van der Waals surface area contributed by atoms with Crippen LogP contribution in [0.5, 0.6) is 11.5 Å². The lowest BCUT2D eigenvalue weighted by Gasteiger charge is -2.50. The Bertz CT molecular complexity index is 1300. The summed E-state index contributed by atoms with van der Waals surface area (Å²) in [6.45, 7) is 4.51. The molecule has 0 bridgehead atoms. The monoisotopic (exact) mass is 529 g/mol. The number of carbonyl (C=O) groups excluding carboxylic acids is 3. The van der Waals surface area contributed by atoms with Gasteiger partial charge in [-0.15, -0.1) is 0 Å². The third kappa shape index (κ3) is 3.79. The molecule has 1 amide bonds. The van der Waals surface area contributed by atoms with E-state index in [0.29, 0.717) is 23.4 Å². The van der Waals surface area contributed by atoms with Crippen LogP contribution in [0.15, 0.2) is 23.0 Å². The third-order valence-electron chi connectivity index (χ3n) is 8.25. The van der Waals surface area contributed by atoms with Crippen molar-refractivity contribution in [3.8, 4) is 11.5 Å². The van der Waals surface area contributed by atoms with E-state index in [0.717, 1.165) is 0 Å². The number of phenols is 1. The maximum Gasteiger partial charge on any atom is 0.255 e. The first-order valence-electron chi connectivity index (χ1n) is 12.4. The molecular formula is C27H35N3O8. The van der Waals surface area contributed by atoms with Crippen molar-refractivity contribution in [1.82, 2.24) is 9.80 Å². The minimum Gasteiger partial charge on any atom is -0.508 e. The summed E-state index contributed by atoms with van der Waals surface area (Å²) >= 11 is 0. The van der Waals surface area contributed by atoms with Gasteiger partial charge in [0.2, 0.25) is 5.78 Å². The predicted molar refractivity (Wildman–Crippen MR) is 137 cm³/mol. The molecule has 0 spiro atoms. The molecule has 11 nitrogen and oxygen atoms in total. The van der Waals surface area contributed by atoms with E-state index in [-0.39, 0.29) is 35.8 Å². The van der Waals surface area contributed by atoms with Crippen LogP contribution in [0.4, 0.5) is 0 Å². The molecule has 1 aromatic rings. The number of amides is 1. The van der Waals surface area contributed by atoms with Crippen LogP contribution in [0.2, 0.25) is 0 Å². The highest BCUT2D eigenvalue weighted by Crippen LogP contribution is 2.54. The number of aliphatic hydroxyl groups is 3. The summed E-state index contributed by atoms with van der Waals surface area (Å²) in [4.78, 5) is 42.7. The summed E-state index contributed by atoms with van der Waals surface area (Å²) in [5.74, 6) is -6.34. The van der Waals surface area contributed by atoms with E-state index in [2.05, 4.69) is 4.90 Å². The van der Waals surface area contributed by atoms with E-state index in [1.807, 2.05) is 20.9 Å². The molecule has 1 aromatic carbocycles. The number of hydrogen-bond donors (Lipinski definition) is 5. The molecule has 4 atom stereocenters. The van der Waals surface area contributed by atoms with Gasteiger partial charge in [-0.1, -0.05) is 0 Å². The van der Waals surface area contributed by atoms with E-state index < -0.39 is 58.0 Å². The summed E-state index contributed by atoms with van der Waals surface area (Å²) < 4.78 is 5.73. The summed E-state index contributed by atoms with van der Waals surface area (Å²) in [5, 5.41) is 44.9. The molecule has 11 heteroatoms. The molecule has 0 unspecified atom stereocenters. The molecule has 6 N–H and O–H groups in total. The predicted octanol–water partition coefficient (Wildman–Crippen LogP) is 0.813. The number of ether oxygens (including phenoxy) is 1. The normalized spacial score (nSPS) is 27.2. The lowest BCUT2D eigenvalue weighted by Crippen LogP contribution is -2.65. The zero-order valence-electron chi connectivity index (χ0n) is 22.4. The fourth-order valence-electron chi connectivity index (χ4n) is 6.18. The second kappa shape index (κ2) is 9.40. The smallest absolute Gasteiger partial charge is 0.255 e. The lowest BCUT2D eigenvalue weighted by molar-refractivity contribution is -0.153. The van der Waals surface area contributed by atoms with Crippen LogP contribution in [0.25, 0.3) is 5.76 Å². The molecule has 206 valence electrons. The summed E-state index contributed by atoms with van der Waals surface area (Å²) in [7, 11) is 6.54. The number of likely N-dealkylation sites (N-methyl/N-ethyl adjacent to an activating group) is 1. The highest BCUT2D eigenvalue weighted by Gasteiger charge is 2.64. The number of phenolic OH excluding ortho intramolecular Hbond substituents is 1. The number of Topliss-reactive ketones (excluding diaryl/α,β-unsaturated/α-hetero) is 2. The molecule has 0 aliphatic heterocycles. The van der Waals surface area contributed by atoms with Crippen LogP contribution in [-0.4, -0.2) is 93.6 Å². The van der Waals surface area contributed by atoms with E-state index in [1.54, 1.807) is 14.1 Å². The van der Waals surface area contributed by atoms with Crippen LogP contribution in [0.1, 0.15) is 37.0 Å². The van der Waals surface area contributed by atoms with Crippen molar-refractivity contribution < 1.29 is 39.5 Å². The van der Waals surface area contributed by atoms with Crippen LogP contribution < -0.4 is 10.5 Å². The molecule has 4 rings (SSSR count). The molecule has 1 fully saturated rings. The average Bonchev–Trinajstić information content (AvgIpc) is 2.80. The van der Waals surface area contributed by atoms with Gasteiger partial charge in [0.25, 0.3) is 5.91 Å². The molecule has 0 heterocycles. The van der Waals surface area contributed by atoms with Crippen molar-refractivity contribution in [3.05, 3.63) is 39.7 Å². The molecule has 3 aliphatic rings. The molecule has 1 saturated carbocycles. The Morgan fingerprint density at radius 3 is 2.37 bits per heavy atom. The fraction of sp³-hybridized carbons (Fsp3) is 0.519. The van der Waals surface area contributed by atoms with E-state index in [9.17, 15) is 34.8 Å². The number of hydrogen-bond acceptors (Lipinski definition) is 10. The number of primary amides is 1. The van der Waals surface area contributed by atoms with E-state index in [4.69, 9.17) is 10.5 Å². The second-order valence-electron chi connectivity index (χ2n) is 10.9. The first kappa shape index (κ1) is 27.6. The Balaban J connectivity index is 1.94. The largest absolute Gasteiger partial charge is 0.508 e. The average molecular weight is 530 g/mol. The lowest BCUT2D eigenvalue weighted by atomic mass is 9.57. The fourth-order valence-corrected chi connectivity index (χ4v) is 6.18. The minimum absolute atomic E-state index is 0.00842.